The van der Waals surface area contributed by atoms with Crippen molar-refractivity contribution < 1.29 is 14.5 Å². The van der Waals surface area contributed by atoms with Gasteiger partial charge < -0.3 is 4.74 Å². The minimum Gasteiger partial charge on any atom is -0.431 e. The Bertz CT molecular complexity index is 930. The lowest BCUT2D eigenvalue weighted by atomic mass is 10.2. The van der Waals surface area contributed by atoms with Gasteiger partial charge in [0.1, 0.15) is 12.6 Å². The molecule has 0 N–H and O–H groups in total. The van der Waals surface area contributed by atoms with Crippen LogP contribution in [0.3, 0.4) is 0 Å². The highest BCUT2D eigenvalue weighted by Gasteiger charge is 2.18. The van der Waals surface area contributed by atoms with Gasteiger partial charge in [-0.1, -0.05) is 11.6 Å². The number of nitro benzene ring substituents is 1. The molecule has 0 bridgehead atoms. The van der Waals surface area contributed by atoms with Gasteiger partial charge in [0.2, 0.25) is 11.6 Å². The molecular weight excluding hydrogens is 322 g/mol. The standard InChI is InChI=1S/C15H8ClN3O4/c16-10-2-3-11-12(6-10)17-8-18-15(11)23-14-5-9(7-20)1-4-13(14)19(21)22/h1-8H. The Balaban J connectivity index is 2.12. The lowest BCUT2D eigenvalue weighted by molar-refractivity contribution is -0.385. The van der Waals surface area contributed by atoms with Crippen LogP contribution in [0.2, 0.25) is 5.02 Å². The summed E-state index contributed by atoms with van der Waals surface area (Å²) in [5, 5.41) is 12.1. The molecule has 8 heteroatoms. The minimum atomic E-state index is -0.593. The monoisotopic (exact) mass is 329 g/mol. The maximum Gasteiger partial charge on any atom is 0.311 e. The van der Waals surface area contributed by atoms with Crippen LogP contribution in [0.4, 0.5) is 5.69 Å². The average molecular weight is 330 g/mol. The summed E-state index contributed by atoms with van der Waals surface area (Å²) in [4.78, 5) is 29.5. The Morgan fingerprint density at radius 3 is 2.74 bits per heavy atom. The molecule has 7 nitrogen and oxygen atoms in total. The SMILES string of the molecule is O=Cc1ccc([N+](=O)[O-])c(Oc2ncnc3cc(Cl)ccc23)c1. The fourth-order valence-corrected chi connectivity index (χ4v) is 2.19. The molecule has 3 rings (SSSR count). The van der Waals surface area contributed by atoms with Gasteiger partial charge in [-0.25, -0.2) is 9.97 Å². The Hall–Kier alpha value is -3.06. The van der Waals surface area contributed by atoms with Gasteiger partial charge in [-0.05, 0) is 30.3 Å². The van der Waals surface area contributed by atoms with Gasteiger partial charge in [0.15, 0.2) is 0 Å². The van der Waals surface area contributed by atoms with Crippen molar-refractivity contribution >= 4 is 34.5 Å². The molecule has 0 unspecified atom stereocenters. The number of carbonyl (C=O) groups excluding carboxylic acids is 1. The van der Waals surface area contributed by atoms with E-state index in [1.54, 1.807) is 18.2 Å². The summed E-state index contributed by atoms with van der Waals surface area (Å²) in [7, 11) is 0. The number of aromatic nitrogens is 2. The van der Waals surface area contributed by atoms with E-state index in [1.165, 1.54) is 24.5 Å². The van der Waals surface area contributed by atoms with Gasteiger partial charge in [0.05, 0.1) is 15.8 Å². The van der Waals surface area contributed by atoms with Crippen molar-refractivity contribution in [3.05, 3.63) is 63.4 Å². The van der Waals surface area contributed by atoms with E-state index in [1.807, 2.05) is 0 Å². The van der Waals surface area contributed by atoms with Crippen LogP contribution < -0.4 is 4.74 Å². The number of benzene rings is 2. The highest BCUT2D eigenvalue weighted by molar-refractivity contribution is 6.31. The molecule has 23 heavy (non-hydrogen) atoms. The first-order valence-electron chi connectivity index (χ1n) is 6.40. The van der Waals surface area contributed by atoms with E-state index in [4.69, 9.17) is 16.3 Å². The molecule has 0 aliphatic rings. The molecule has 0 radical (unpaired) electrons. The van der Waals surface area contributed by atoms with Crippen LogP contribution >= 0.6 is 11.6 Å². The number of halogens is 1. The van der Waals surface area contributed by atoms with Gasteiger partial charge in [0.25, 0.3) is 0 Å². The maximum absolute atomic E-state index is 11.1. The van der Waals surface area contributed by atoms with Crippen LogP contribution in [0.25, 0.3) is 10.9 Å². The lowest BCUT2D eigenvalue weighted by Gasteiger charge is -2.08. The van der Waals surface area contributed by atoms with Crippen LogP contribution in [0.1, 0.15) is 10.4 Å². The van der Waals surface area contributed by atoms with E-state index in [0.717, 1.165) is 0 Å². The summed E-state index contributed by atoms with van der Waals surface area (Å²) in [6.45, 7) is 0. The van der Waals surface area contributed by atoms with E-state index in [0.29, 0.717) is 22.2 Å². The van der Waals surface area contributed by atoms with Gasteiger partial charge in [-0.2, -0.15) is 0 Å². The third-order valence-corrected chi connectivity index (χ3v) is 3.32. The quantitative estimate of drug-likeness (QED) is 0.410. The van der Waals surface area contributed by atoms with Crippen molar-refractivity contribution in [2.45, 2.75) is 0 Å². The zero-order chi connectivity index (χ0) is 16.4. The number of aldehydes is 1. The summed E-state index contributed by atoms with van der Waals surface area (Å²) in [5.41, 5.74) is 0.528. The number of carbonyl (C=O) groups is 1. The number of rotatable bonds is 4. The molecule has 3 aromatic rings. The fourth-order valence-electron chi connectivity index (χ4n) is 2.03. The number of hydrogen-bond acceptors (Lipinski definition) is 6. The third-order valence-electron chi connectivity index (χ3n) is 3.09. The van der Waals surface area contributed by atoms with Crippen molar-refractivity contribution in [2.24, 2.45) is 0 Å². The van der Waals surface area contributed by atoms with Gasteiger partial charge in [-0.3, -0.25) is 14.9 Å². The highest BCUT2D eigenvalue weighted by atomic mass is 35.5. The summed E-state index contributed by atoms with van der Waals surface area (Å²) < 4.78 is 5.57. The molecule has 0 aliphatic carbocycles. The van der Waals surface area contributed by atoms with Crippen LogP contribution in [0.5, 0.6) is 11.6 Å². The van der Waals surface area contributed by atoms with Crippen molar-refractivity contribution in [3.8, 4) is 11.6 Å². The number of ether oxygens (including phenoxy) is 1. The summed E-state index contributed by atoms with van der Waals surface area (Å²) in [6, 6.07) is 8.75. The van der Waals surface area contributed by atoms with E-state index < -0.39 is 4.92 Å². The number of fused-ring (bicyclic) bond motifs is 1. The fraction of sp³-hybridized carbons (Fsp3) is 0. The lowest BCUT2D eigenvalue weighted by Crippen LogP contribution is -1.97. The first-order valence-corrected chi connectivity index (χ1v) is 6.78. The Morgan fingerprint density at radius 2 is 2.00 bits per heavy atom. The molecule has 1 aromatic heterocycles. The molecule has 0 spiro atoms. The number of nitrogens with zero attached hydrogens (tertiary/aromatic N) is 3. The Kier molecular flexibility index (Phi) is 3.86. The van der Waals surface area contributed by atoms with E-state index in [9.17, 15) is 14.9 Å². The predicted octanol–water partition coefficient (Wildman–Crippen LogP) is 3.80. The van der Waals surface area contributed by atoms with E-state index in [2.05, 4.69) is 9.97 Å². The average Bonchev–Trinajstić information content (AvgIpc) is 2.54. The second kappa shape index (κ2) is 5.98. The van der Waals surface area contributed by atoms with Crippen LogP contribution in [-0.4, -0.2) is 21.2 Å². The molecule has 0 aliphatic heterocycles. The smallest absolute Gasteiger partial charge is 0.311 e. The van der Waals surface area contributed by atoms with Crippen LogP contribution in [0.15, 0.2) is 42.7 Å². The second-order valence-electron chi connectivity index (χ2n) is 4.54. The van der Waals surface area contributed by atoms with E-state index in [-0.39, 0.29) is 22.9 Å². The minimum absolute atomic E-state index is 0.0745. The predicted molar refractivity (Wildman–Crippen MR) is 83.1 cm³/mol. The summed E-state index contributed by atoms with van der Waals surface area (Å²) in [6.07, 6.45) is 1.85. The van der Waals surface area contributed by atoms with Crippen LogP contribution in [-0.2, 0) is 0 Å². The normalized spacial score (nSPS) is 10.5. The van der Waals surface area contributed by atoms with Crippen molar-refractivity contribution in [3.63, 3.8) is 0 Å². The third kappa shape index (κ3) is 2.95. The molecule has 2 aromatic carbocycles. The zero-order valence-electron chi connectivity index (χ0n) is 11.5. The Morgan fingerprint density at radius 1 is 1.17 bits per heavy atom. The molecule has 114 valence electrons. The van der Waals surface area contributed by atoms with Crippen molar-refractivity contribution in [1.82, 2.24) is 9.97 Å². The van der Waals surface area contributed by atoms with E-state index >= 15 is 0 Å². The van der Waals surface area contributed by atoms with Gasteiger partial charge in [0, 0.05) is 16.7 Å². The summed E-state index contributed by atoms with van der Waals surface area (Å²) in [5.74, 6) is 0.0624. The maximum atomic E-state index is 11.1. The first-order chi connectivity index (χ1) is 11.1. The van der Waals surface area contributed by atoms with Crippen LogP contribution in [0, 0.1) is 10.1 Å². The van der Waals surface area contributed by atoms with Crippen molar-refractivity contribution in [1.29, 1.82) is 0 Å². The Labute approximate surface area is 134 Å². The molecule has 0 saturated heterocycles. The van der Waals surface area contributed by atoms with Gasteiger partial charge >= 0.3 is 5.69 Å². The second-order valence-corrected chi connectivity index (χ2v) is 4.98. The highest BCUT2D eigenvalue weighted by Crippen LogP contribution is 2.34. The molecule has 0 saturated carbocycles. The largest absolute Gasteiger partial charge is 0.431 e. The zero-order valence-corrected chi connectivity index (χ0v) is 12.2. The number of nitro groups is 1. The molecule has 0 amide bonds. The number of hydrogen-bond donors (Lipinski definition) is 0. The topological polar surface area (TPSA) is 95.2 Å². The molecular formula is C15H8ClN3O4. The summed E-state index contributed by atoms with van der Waals surface area (Å²) >= 11 is 5.91. The first kappa shape index (κ1) is 14.9. The van der Waals surface area contributed by atoms with Crippen molar-refractivity contribution in [2.75, 3.05) is 0 Å². The molecule has 0 atom stereocenters. The van der Waals surface area contributed by atoms with Gasteiger partial charge in [-0.15, -0.1) is 0 Å². The molecule has 0 fully saturated rings. The molecule has 1 heterocycles.